The first-order valence-corrected chi connectivity index (χ1v) is 5.90. The fraction of sp³-hybridized carbons (Fsp3) is 0.462. The van der Waals surface area contributed by atoms with Gasteiger partial charge in [-0.05, 0) is 18.1 Å². The first-order chi connectivity index (χ1) is 7.84. The minimum absolute atomic E-state index is 0. The van der Waals surface area contributed by atoms with Crippen molar-refractivity contribution in [2.45, 2.75) is 25.4 Å². The van der Waals surface area contributed by atoms with Gasteiger partial charge in [-0.15, -0.1) is 12.4 Å². The average Bonchev–Trinajstić information content (AvgIpc) is 2.96. The lowest BCUT2D eigenvalue weighted by Crippen LogP contribution is -2.48. The summed E-state index contributed by atoms with van der Waals surface area (Å²) >= 11 is 0. The summed E-state index contributed by atoms with van der Waals surface area (Å²) < 4.78 is 6.13. The summed E-state index contributed by atoms with van der Waals surface area (Å²) in [4.78, 5) is 4.52. The summed E-state index contributed by atoms with van der Waals surface area (Å²) in [5, 5.41) is 3.35. The smallest absolute Gasteiger partial charge is 0.169 e. The third-order valence-electron chi connectivity index (χ3n) is 3.43. The van der Waals surface area contributed by atoms with E-state index in [1.165, 1.54) is 5.56 Å². The number of rotatable bonds is 2. The highest BCUT2D eigenvalue weighted by atomic mass is 35.5. The number of aliphatic imine (C=N–C) groups is 1. The Kier molecular flexibility index (Phi) is 3.29. The van der Waals surface area contributed by atoms with Gasteiger partial charge < -0.3 is 10.1 Å². The number of ether oxygens (including phenoxy) is 1. The molecule has 0 unspecified atom stereocenters. The van der Waals surface area contributed by atoms with Gasteiger partial charge in [0, 0.05) is 13.0 Å². The van der Waals surface area contributed by atoms with Crippen LogP contribution in [0.3, 0.4) is 0 Å². The van der Waals surface area contributed by atoms with E-state index in [1.807, 2.05) is 12.1 Å². The molecular formula is C13H17ClN2O. The zero-order chi connectivity index (χ0) is 11.0. The number of para-hydroxylation sites is 1. The van der Waals surface area contributed by atoms with Gasteiger partial charge in [-0.25, -0.2) is 0 Å². The molecule has 92 valence electrons. The Bertz CT molecular complexity index is 420. The van der Waals surface area contributed by atoms with Crippen LogP contribution in [0.2, 0.25) is 0 Å². The van der Waals surface area contributed by atoms with Crippen LogP contribution in [0.15, 0.2) is 29.3 Å². The van der Waals surface area contributed by atoms with Gasteiger partial charge in [-0.2, -0.15) is 0 Å². The van der Waals surface area contributed by atoms with E-state index in [4.69, 9.17) is 4.74 Å². The standard InChI is InChI=1S/C13H16N2O.ClH/c1-2-13(12-14-7-8-15-12)9-10-5-3-4-6-11(10)16-13;/h3-6H,2,7-9H2,1H3,(H,14,15);1H/t13-;/m1./s1. The fourth-order valence-electron chi connectivity index (χ4n) is 2.50. The predicted octanol–water partition coefficient (Wildman–Crippen LogP) is 2.19. The largest absolute Gasteiger partial charge is 0.479 e. The lowest BCUT2D eigenvalue weighted by molar-refractivity contribution is 0.162. The number of fused-ring (bicyclic) bond motifs is 1. The highest BCUT2D eigenvalue weighted by molar-refractivity contribution is 5.93. The van der Waals surface area contributed by atoms with Gasteiger partial charge in [-0.3, -0.25) is 4.99 Å². The molecule has 2 heterocycles. The fourth-order valence-corrected chi connectivity index (χ4v) is 2.50. The van der Waals surface area contributed by atoms with E-state index in [9.17, 15) is 0 Å². The molecule has 0 aliphatic carbocycles. The van der Waals surface area contributed by atoms with Crippen LogP contribution in [-0.2, 0) is 6.42 Å². The Morgan fingerprint density at radius 3 is 2.88 bits per heavy atom. The Hall–Kier alpha value is -1.22. The van der Waals surface area contributed by atoms with Crippen molar-refractivity contribution >= 4 is 18.2 Å². The van der Waals surface area contributed by atoms with Crippen molar-refractivity contribution in [2.75, 3.05) is 13.1 Å². The minimum Gasteiger partial charge on any atom is -0.479 e. The molecule has 1 N–H and O–H groups in total. The molecule has 0 saturated heterocycles. The van der Waals surface area contributed by atoms with E-state index in [-0.39, 0.29) is 18.0 Å². The average molecular weight is 253 g/mol. The molecule has 4 heteroatoms. The number of nitrogens with zero attached hydrogens (tertiary/aromatic N) is 1. The van der Waals surface area contributed by atoms with Crippen molar-refractivity contribution in [3.63, 3.8) is 0 Å². The summed E-state index contributed by atoms with van der Waals surface area (Å²) in [7, 11) is 0. The van der Waals surface area contributed by atoms with Crippen molar-refractivity contribution in [1.82, 2.24) is 5.32 Å². The van der Waals surface area contributed by atoms with Crippen LogP contribution in [0.4, 0.5) is 0 Å². The zero-order valence-electron chi connectivity index (χ0n) is 9.90. The molecule has 3 rings (SSSR count). The maximum atomic E-state index is 6.13. The Morgan fingerprint density at radius 2 is 2.24 bits per heavy atom. The van der Waals surface area contributed by atoms with E-state index in [0.717, 1.165) is 37.5 Å². The number of halogens is 1. The number of nitrogens with one attached hydrogen (secondary N) is 1. The summed E-state index contributed by atoms with van der Waals surface area (Å²) in [5.74, 6) is 2.05. The molecule has 0 bridgehead atoms. The lowest BCUT2D eigenvalue weighted by Gasteiger charge is -2.27. The molecule has 0 fully saturated rings. The molecule has 1 aromatic rings. The van der Waals surface area contributed by atoms with Gasteiger partial charge in [0.2, 0.25) is 0 Å². The molecule has 1 atom stereocenters. The predicted molar refractivity (Wildman–Crippen MR) is 71.3 cm³/mol. The molecule has 0 amide bonds. The second kappa shape index (κ2) is 4.57. The Morgan fingerprint density at radius 1 is 1.41 bits per heavy atom. The van der Waals surface area contributed by atoms with Crippen LogP contribution in [-0.4, -0.2) is 24.5 Å². The van der Waals surface area contributed by atoms with Crippen LogP contribution >= 0.6 is 12.4 Å². The van der Waals surface area contributed by atoms with Crippen molar-refractivity contribution in [1.29, 1.82) is 0 Å². The number of benzene rings is 1. The SMILES string of the molecule is CC[C@]1(C2=NCCN2)Cc2ccccc2O1.Cl. The van der Waals surface area contributed by atoms with Gasteiger partial charge in [0.25, 0.3) is 0 Å². The second-order valence-electron chi connectivity index (χ2n) is 4.39. The molecule has 0 aromatic heterocycles. The van der Waals surface area contributed by atoms with E-state index in [0.29, 0.717) is 0 Å². The topological polar surface area (TPSA) is 33.6 Å². The van der Waals surface area contributed by atoms with Crippen molar-refractivity contribution in [3.8, 4) is 5.75 Å². The van der Waals surface area contributed by atoms with Crippen molar-refractivity contribution in [2.24, 2.45) is 4.99 Å². The van der Waals surface area contributed by atoms with Crippen molar-refractivity contribution < 1.29 is 4.74 Å². The maximum Gasteiger partial charge on any atom is 0.169 e. The molecular weight excluding hydrogens is 236 g/mol. The molecule has 3 nitrogen and oxygen atoms in total. The second-order valence-corrected chi connectivity index (χ2v) is 4.39. The highest BCUT2D eigenvalue weighted by Crippen LogP contribution is 2.37. The van der Waals surface area contributed by atoms with Crippen LogP contribution in [0, 0.1) is 0 Å². The van der Waals surface area contributed by atoms with Gasteiger partial charge in [0.05, 0.1) is 6.54 Å². The normalized spacial score (nSPS) is 25.4. The summed E-state index contributed by atoms with van der Waals surface area (Å²) in [5.41, 5.74) is 1.06. The minimum atomic E-state index is -0.236. The molecule has 2 aliphatic heterocycles. The molecule has 1 aromatic carbocycles. The lowest BCUT2D eigenvalue weighted by atomic mass is 9.93. The number of hydrogen-bond donors (Lipinski definition) is 1. The molecule has 0 saturated carbocycles. The third kappa shape index (κ3) is 1.89. The first kappa shape index (κ1) is 12.2. The zero-order valence-corrected chi connectivity index (χ0v) is 10.7. The first-order valence-electron chi connectivity index (χ1n) is 5.90. The van der Waals surface area contributed by atoms with Crippen LogP contribution in [0.1, 0.15) is 18.9 Å². The van der Waals surface area contributed by atoms with E-state index < -0.39 is 0 Å². The van der Waals surface area contributed by atoms with Gasteiger partial charge >= 0.3 is 0 Å². The monoisotopic (exact) mass is 252 g/mol. The Balaban J connectivity index is 0.00000108. The summed E-state index contributed by atoms with van der Waals surface area (Å²) in [6.45, 7) is 3.97. The quantitative estimate of drug-likeness (QED) is 0.876. The number of hydrogen-bond acceptors (Lipinski definition) is 3. The molecule has 2 aliphatic rings. The number of amidine groups is 1. The van der Waals surface area contributed by atoms with Crippen LogP contribution in [0.25, 0.3) is 0 Å². The van der Waals surface area contributed by atoms with E-state index in [2.05, 4.69) is 29.4 Å². The highest BCUT2D eigenvalue weighted by Gasteiger charge is 2.43. The van der Waals surface area contributed by atoms with Crippen LogP contribution in [0.5, 0.6) is 5.75 Å². The van der Waals surface area contributed by atoms with Crippen molar-refractivity contribution in [3.05, 3.63) is 29.8 Å². The van der Waals surface area contributed by atoms with Gasteiger partial charge in [0.15, 0.2) is 5.60 Å². The third-order valence-corrected chi connectivity index (χ3v) is 3.43. The van der Waals surface area contributed by atoms with Gasteiger partial charge in [0.1, 0.15) is 11.6 Å². The summed E-state index contributed by atoms with van der Waals surface area (Å²) in [6, 6.07) is 8.27. The van der Waals surface area contributed by atoms with E-state index >= 15 is 0 Å². The van der Waals surface area contributed by atoms with Gasteiger partial charge in [-0.1, -0.05) is 25.1 Å². The Labute approximate surface area is 108 Å². The van der Waals surface area contributed by atoms with E-state index in [1.54, 1.807) is 0 Å². The summed E-state index contributed by atoms with van der Waals surface area (Å²) in [6.07, 6.45) is 1.89. The molecule has 0 spiro atoms. The van der Waals surface area contributed by atoms with Crippen LogP contribution < -0.4 is 10.1 Å². The maximum absolute atomic E-state index is 6.13. The molecule has 0 radical (unpaired) electrons. The molecule has 17 heavy (non-hydrogen) atoms.